The van der Waals surface area contributed by atoms with Crippen LogP contribution in [0.4, 0.5) is 0 Å². The molecule has 2 aromatic heterocycles. The lowest BCUT2D eigenvalue weighted by atomic mass is 10.1. The fraction of sp³-hybridized carbons (Fsp3) is 0.571. The second kappa shape index (κ2) is 6.41. The Morgan fingerprint density at radius 2 is 2.15 bits per heavy atom. The molecular formula is C14H22ClN5. The van der Waals surface area contributed by atoms with Gasteiger partial charge >= 0.3 is 0 Å². The molecule has 2 N–H and O–H groups in total. The van der Waals surface area contributed by atoms with E-state index in [1.807, 2.05) is 28.7 Å². The first-order valence-electron chi connectivity index (χ1n) is 7.03. The van der Waals surface area contributed by atoms with Crippen LogP contribution in [0.2, 0.25) is 5.02 Å². The third-order valence-electron chi connectivity index (χ3n) is 3.47. The Morgan fingerprint density at radius 3 is 2.80 bits per heavy atom. The quantitative estimate of drug-likeness (QED) is 0.890. The third kappa shape index (κ3) is 3.22. The van der Waals surface area contributed by atoms with Crippen LogP contribution in [-0.4, -0.2) is 25.4 Å². The SMILES string of the molecule is CCC(N)Cc1cn(Cc2c(Cl)c(C)nn2CC)cn1. The summed E-state index contributed by atoms with van der Waals surface area (Å²) in [5.74, 6) is 0. The van der Waals surface area contributed by atoms with Crippen molar-refractivity contribution < 1.29 is 0 Å². The molecule has 0 fully saturated rings. The zero-order valence-corrected chi connectivity index (χ0v) is 13.1. The van der Waals surface area contributed by atoms with Gasteiger partial charge in [-0.15, -0.1) is 0 Å². The standard InChI is InChI=1S/C14H22ClN5/c1-4-11(16)6-12-7-19(9-17-12)8-13-14(15)10(3)18-20(13)5-2/h7,9,11H,4-6,8,16H2,1-3H3. The minimum absolute atomic E-state index is 0.172. The minimum atomic E-state index is 0.172. The first-order chi connectivity index (χ1) is 9.55. The Labute approximate surface area is 124 Å². The number of aryl methyl sites for hydroxylation is 2. The van der Waals surface area contributed by atoms with Crippen LogP contribution in [0.1, 0.15) is 37.4 Å². The Hall–Kier alpha value is -1.33. The van der Waals surface area contributed by atoms with Crippen LogP contribution in [-0.2, 0) is 19.5 Å². The van der Waals surface area contributed by atoms with Gasteiger partial charge in [0.1, 0.15) is 0 Å². The first kappa shape index (κ1) is 15.1. The number of hydrogen-bond acceptors (Lipinski definition) is 3. The van der Waals surface area contributed by atoms with Gasteiger partial charge in [-0.2, -0.15) is 5.10 Å². The molecule has 6 heteroatoms. The molecule has 0 aliphatic rings. The maximum atomic E-state index is 6.32. The van der Waals surface area contributed by atoms with Gasteiger partial charge < -0.3 is 10.3 Å². The second-order valence-electron chi connectivity index (χ2n) is 5.07. The Bertz CT molecular complexity index is 572. The fourth-order valence-corrected chi connectivity index (χ4v) is 2.40. The predicted molar refractivity (Wildman–Crippen MR) is 80.9 cm³/mol. The van der Waals surface area contributed by atoms with E-state index >= 15 is 0 Å². The third-order valence-corrected chi connectivity index (χ3v) is 3.96. The van der Waals surface area contributed by atoms with Crippen LogP contribution >= 0.6 is 11.6 Å². The van der Waals surface area contributed by atoms with Crippen molar-refractivity contribution in [2.24, 2.45) is 5.73 Å². The molecular weight excluding hydrogens is 274 g/mol. The molecule has 1 atom stereocenters. The molecule has 0 spiro atoms. The summed E-state index contributed by atoms with van der Waals surface area (Å²) in [4.78, 5) is 4.40. The van der Waals surface area contributed by atoms with Crippen molar-refractivity contribution in [1.82, 2.24) is 19.3 Å². The van der Waals surface area contributed by atoms with E-state index in [0.29, 0.717) is 6.54 Å². The van der Waals surface area contributed by atoms with Crippen molar-refractivity contribution in [1.29, 1.82) is 0 Å². The van der Waals surface area contributed by atoms with Gasteiger partial charge in [0.05, 0.1) is 35.0 Å². The van der Waals surface area contributed by atoms with Gasteiger partial charge in [0.15, 0.2) is 0 Å². The molecule has 0 aromatic carbocycles. The van der Waals surface area contributed by atoms with Gasteiger partial charge in [-0.3, -0.25) is 4.68 Å². The van der Waals surface area contributed by atoms with Gasteiger partial charge in [0.25, 0.3) is 0 Å². The number of halogens is 1. The summed E-state index contributed by atoms with van der Waals surface area (Å²) in [5, 5.41) is 5.17. The van der Waals surface area contributed by atoms with Crippen molar-refractivity contribution in [3.8, 4) is 0 Å². The Balaban J connectivity index is 2.14. The highest BCUT2D eigenvalue weighted by Crippen LogP contribution is 2.21. The van der Waals surface area contributed by atoms with Crippen LogP contribution in [0, 0.1) is 6.92 Å². The molecule has 0 radical (unpaired) electrons. The monoisotopic (exact) mass is 295 g/mol. The topological polar surface area (TPSA) is 61.7 Å². The lowest BCUT2D eigenvalue weighted by molar-refractivity contribution is 0.596. The molecule has 0 saturated carbocycles. The Morgan fingerprint density at radius 1 is 1.40 bits per heavy atom. The van der Waals surface area contributed by atoms with Crippen molar-refractivity contribution in [3.05, 3.63) is 34.6 Å². The number of nitrogens with two attached hydrogens (primary N) is 1. The number of rotatable bonds is 6. The van der Waals surface area contributed by atoms with E-state index in [9.17, 15) is 0 Å². The zero-order chi connectivity index (χ0) is 14.7. The summed E-state index contributed by atoms with van der Waals surface area (Å²) in [6, 6.07) is 0.172. The van der Waals surface area contributed by atoms with Crippen LogP contribution in [0.25, 0.3) is 0 Å². The highest BCUT2D eigenvalue weighted by molar-refractivity contribution is 6.31. The number of nitrogens with zero attached hydrogens (tertiary/aromatic N) is 4. The normalized spacial score (nSPS) is 12.8. The van der Waals surface area contributed by atoms with Crippen LogP contribution in [0.15, 0.2) is 12.5 Å². The first-order valence-corrected chi connectivity index (χ1v) is 7.40. The summed E-state index contributed by atoms with van der Waals surface area (Å²) in [6.07, 6.45) is 5.63. The smallest absolute Gasteiger partial charge is 0.0953 e. The fourth-order valence-electron chi connectivity index (χ4n) is 2.20. The molecule has 0 aliphatic carbocycles. The lowest BCUT2D eigenvalue weighted by Gasteiger charge is -2.06. The van der Waals surface area contributed by atoms with Gasteiger partial charge in [-0.25, -0.2) is 4.98 Å². The summed E-state index contributed by atoms with van der Waals surface area (Å²) >= 11 is 6.32. The van der Waals surface area contributed by atoms with Gasteiger partial charge in [-0.05, 0) is 20.3 Å². The average molecular weight is 296 g/mol. The van der Waals surface area contributed by atoms with Crippen molar-refractivity contribution in [2.75, 3.05) is 0 Å². The molecule has 0 aliphatic heterocycles. The molecule has 0 bridgehead atoms. The average Bonchev–Trinajstić information content (AvgIpc) is 2.98. The van der Waals surface area contributed by atoms with E-state index in [-0.39, 0.29) is 6.04 Å². The van der Waals surface area contributed by atoms with Gasteiger partial charge in [0, 0.05) is 25.2 Å². The van der Waals surface area contributed by atoms with Crippen molar-refractivity contribution in [2.45, 2.75) is 52.7 Å². The highest BCUT2D eigenvalue weighted by atomic mass is 35.5. The highest BCUT2D eigenvalue weighted by Gasteiger charge is 2.13. The number of aromatic nitrogens is 4. The van der Waals surface area contributed by atoms with Crippen LogP contribution in [0.5, 0.6) is 0 Å². The summed E-state index contributed by atoms with van der Waals surface area (Å²) in [6.45, 7) is 7.57. The van der Waals surface area contributed by atoms with Gasteiger partial charge in [-0.1, -0.05) is 18.5 Å². The van der Waals surface area contributed by atoms with Crippen molar-refractivity contribution >= 4 is 11.6 Å². The molecule has 2 rings (SSSR count). The molecule has 2 heterocycles. The summed E-state index contributed by atoms with van der Waals surface area (Å²) < 4.78 is 3.97. The second-order valence-corrected chi connectivity index (χ2v) is 5.45. The largest absolute Gasteiger partial charge is 0.331 e. The molecule has 0 amide bonds. The lowest BCUT2D eigenvalue weighted by Crippen LogP contribution is -2.21. The molecule has 110 valence electrons. The van der Waals surface area contributed by atoms with E-state index in [1.165, 1.54) is 0 Å². The molecule has 2 aromatic rings. The Kier molecular flexibility index (Phi) is 4.83. The molecule has 0 saturated heterocycles. The summed E-state index contributed by atoms with van der Waals surface area (Å²) in [7, 11) is 0. The van der Waals surface area contributed by atoms with Gasteiger partial charge in [0.2, 0.25) is 0 Å². The number of hydrogen-bond donors (Lipinski definition) is 1. The van der Waals surface area contributed by atoms with E-state index in [0.717, 1.165) is 41.5 Å². The molecule has 1 unspecified atom stereocenters. The number of imidazole rings is 1. The maximum Gasteiger partial charge on any atom is 0.0953 e. The minimum Gasteiger partial charge on any atom is -0.331 e. The van der Waals surface area contributed by atoms with E-state index in [2.05, 4.69) is 23.9 Å². The molecule has 20 heavy (non-hydrogen) atoms. The van der Waals surface area contributed by atoms with Crippen molar-refractivity contribution in [3.63, 3.8) is 0 Å². The van der Waals surface area contributed by atoms with E-state index < -0.39 is 0 Å². The van der Waals surface area contributed by atoms with Crippen LogP contribution in [0.3, 0.4) is 0 Å². The molecule has 5 nitrogen and oxygen atoms in total. The predicted octanol–water partition coefficient (Wildman–Crippen LogP) is 2.39. The maximum absolute atomic E-state index is 6.32. The van der Waals surface area contributed by atoms with E-state index in [1.54, 1.807) is 0 Å². The van der Waals surface area contributed by atoms with Crippen LogP contribution < -0.4 is 5.73 Å². The van der Waals surface area contributed by atoms with E-state index in [4.69, 9.17) is 17.3 Å². The summed E-state index contributed by atoms with van der Waals surface area (Å²) in [5.41, 5.74) is 8.87. The zero-order valence-electron chi connectivity index (χ0n) is 12.3.